The summed E-state index contributed by atoms with van der Waals surface area (Å²) >= 11 is 0. The molecule has 0 unspecified atom stereocenters. The molecule has 0 aliphatic carbocycles. The number of hydrogen-bond acceptors (Lipinski definition) is 8. The highest BCUT2D eigenvalue weighted by atomic mass is 19.1. The van der Waals surface area contributed by atoms with Crippen LogP contribution in [0.3, 0.4) is 0 Å². The van der Waals surface area contributed by atoms with Crippen LogP contribution in [-0.4, -0.2) is 70.8 Å². The van der Waals surface area contributed by atoms with Gasteiger partial charge in [0.05, 0.1) is 25.4 Å². The predicted octanol–water partition coefficient (Wildman–Crippen LogP) is 3.91. The smallest absolute Gasteiger partial charge is 0.320 e. The largest absolute Gasteiger partial charge is 0.467 e. The van der Waals surface area contributed by atoms with Crippen molar-refractivity contribution in [3.63, 3.8) is 0 Å². The molecule has 11 nitrogen and oxygen atoms in total. The van der Waals surface area contributed by atoms with Crippen molar-refractivity contribution in [1.82, 2.24) is 30.1 Å². The topological polar surface area (TPSA) is 116 Å². The monoisotopic (exact) mass is 547 g/mol. The second kappa shape index (κ2) is 12.2. The van der Waals surface area contributed by atoms with Gasteiger partial charge in [0.1, 0.15) is 23.4 Å². The highest BCUT2D eigenvalue weighted by molar-refractivity contribution is 5.91. The quantitative estimate of drug-likeness (QED) is 0.324. The van der Waals surface area contributed by atoms with Gasteiger partial charge in [0, 0.05) is 43.7 Å². The number of ether oxygens (including phenoxy) is 2. The average Bonchev–Trinajstić information content (AvgIpc) is 3.53. The number of amides is 2. The van der Waals surface area contributed by atoms with E-state index in [9.17, 15) is 9.18 Å². The van der Waals surface area contributed by atoms with Crippen LogP contribution in [-0.2, 0) is 9.57 Å². The van der Waals surface area contributed by atoms with E-state index in [0.29, 0.717) is 36.8 Å². The Hall–Kier alpha value is -4.39. The lowest BCUT2D eigenvalue weighted by Crippen LogP contribution is -2.42. The van der Waals surface area contributed by atoms with E-state index in [-0.39, 0.29) is 11.8 Å². The van der Waals surface area contributed by atoms with E-state index in [2.05, 4.69) is 20.6 Å². The second-order valence-electron chi connectivity index (χ2n) is 9.19. The fraction of sp³-hybridized carbons (Fsp3) is 0.286. The summed E-state index contributed by atoms with van der Waals surface area (Å²) in [5.41, 5.74) is 3.53. The van der Waals surface area contributed by atoms with Crippen molar-refractivity contribution in [2.75, 3.05) is 39.2 Å². The first-order chi connectivity index (χ1) is 19.5. The van der Waals surface area contributed by atoms with E-state index in [1.165, 1.54) is 19.2 Å². The van der Waals surface area contributed by atoms with Crippen molar-refractivity contribution in [3.05, 3.63) is 83.9 Å². The van der Waals surface area contributed by atoms with Crippen LogP contribution in [0.5, 0.6) is 6.01 Å². The molecule has 208 valence electrons. The van der Waals surface area contributed by atoms with Gasteiger partial charge in [-0.05, 0) is 36.8 Å². The summed E-state index contributed by atoms with van der Waals surface area (Å²) in [6.45, 7) is 3.27. The van der Waals surface area contributed by atoms with Gasteiger partial charge in [-0.2, -0.15) is 10.2 Å². The van der Waals surface area contributed by atoms with Crippen molar-refractivity contribution in [2.45, 2.75) is 19.1 Å². The molecule has 1 fully saturated rings. The lowest BCUT2D eigenvalue weighted by atomic mass is 10.0. The van der Waals surface area contributed by atoms with Crippen LogP contribution in [0.2, 0.25) is 0 Å². The molecule has 12 heteroatoms. The van der Waals surface area contributed by atoms with Crippen LogP contribution < -0.4 is 15.4 Å². The Bertz CT molecular complexity index is 1430. The molecule has 3 heterocycles. The SMILES string of the molecule is COCCN1C[C@@H](NC(=O)Nc2c(C)c(-c3cnc(OC)nc3)nn2-c2ccccc2)[C@H](c2ccc(F)cc2)O1. The summed E-state index contributed by atoms with van der Waals surface area (Å²) < 4.78 is 25.5. The third-order valence-electron chi connectivity index (χ3n) is 6.53. The molecule has 1 aliphatic rings. The molecular weight excluding hydrogens is 517 g/mol. The molecular formula is C28H30FN7O4. The fourth-order valence-electron chi connectivity index (χ4n) is 4.53. The molecule has 2 amide bonds. The number of hydrogen-bond donors (Lipinski definition) is 2. The molecule has 2 aromatic carbocycles. The number of rotatable bonds is 9. The summed E-state index contributed by atoms with van der Waals surface area (Å²) in [5.74, 6) is 0.144. The summed E-state index contributed by atoms with van der Waals surface area (Å²) in [7, 11) is 3.11. The van der Waals surface area contributed by atoms with Crippen molar-refractivity contribution < 1.29 is 23.5 Å². The number of nitrogens with one attached hydrogen (secondary N) is 2. The number of benzene rings is 2. The minimum absolute atomic E-state index is 0.246. The number of anilines is 1. The Labute approximate surface area is 230 Å². The number of carbonyl (C=O) groups is 1. The van der Waals surface area contributed by atoms with Gasteiger partial charge in [0.15, 0.2) is 0 Å². The number of urea groups is 1. The maximum Gasteiger partial charge on any atom is 0.320 e. The van der Waals surface area contributed by atoms with E-state index >= 15 is 0 Å². The van der Waals surface area contributed by atoms with E-state index in [1.807, 2.05) is 37.3 Å². The molecule has 2 atom stereocenters. The zero-order chi connectivity index (χ0) is 28.1. The van der Waals surface area contributed by atoms with Crippen LogP contribution in [0.1, 0.15) is 17.2 Å². The lowest BCUT2D eigenvalue weighted by molar-refractivity contribution is -0.154. The van der Waals surface area contributed by atoms with Gasteiger partial charge >= 0.3 is 12.0 Å². The molecule has 1 aliphatic heterocycles. The fourth-order valence-corrected chi connectivity index (χ4v) is 4.53. The minimum Gasteiger partial charge on any atom is -0.467 e. The molecule has 1 saturated heterocycles. The molecule has 40 heavy (non-hydrogen) atoms. The van der Waals surface area contributed by atoms with Crippen molar-refractivity contribution in [1.29, 1.82) is 0 Å². The molecule has 0 spiro atoms. The van der Waals surface area contributed by atoms with Gasteiger partial charge in [-0.15, -0.1) is 0 Å². The first kappa shape index (κ1) is 27.2. The number of aromatic nitrogens is 4. The Morgan fingerprint density at radius 3 is 2.50 bits per heavy atom. The maximum absolute atomic E-state index is 13.6. The number of para-hydroxylation sites is 1. The number of halogens is 1. The minimum atomic E-state index is -0.504. The Morgan fingerprint density at radius 2 is 1.82 bits per heavy atom. The summed E-state index contributed by atoms with van der Waals surface area (Å²) in [5, 5.41) is 12.5. The number of carbonyl (C=O) groups excluding carboxylic acids is 1. The Balaban J connectivity index is 1.41. The highest BCUT2D eigenvalue weighted by Crippen LogP contribution is 2.32. The van der Waals surface area contributed by atoms with E-state index in [1.54, 1.807) is 41.4 Å². The third kappa shape index (κ3) is 5.93. The van der Waals surface area contributed by atoms with Crippen molar-refractivity contribution in [2.24, 2.45) is 0 Å². The Kier molecular flexibility index (Phi) is 8.29. The van der Waals surface area contributed by atoms with Gasteiger partial charge in [0.25, 0.3) is 0 Å². The zero-order valence-electron chi connectivity index (χ0n) is 22.4. The van der Waals surface area contributed by atoms with Gasteiger partial charge < -0.3 is 14.8 Å². The average molecular weight is 548 g/mol. The first-order valence-electron chi connectivity index (χ1n) is 12.7. The molecule has 0 radical (unpaired) electrons. The predicted molar refractivity (Wildman–Crippen MR) is 145 cm³/mol. The summed E-state index contributed by atoms with van der Waals surface area (Å²) in [6, 6.07) is 14.9. The standard InChI is InChI=1S/C28H30FN7O4/c1-18-24(20-15-30-28(39-3)31-16-20)34-36(22-7-5-4-6-8-22)26(18)33-27(37)32-23-17-35(13-14-38-2)40-25(23)19-9-11-21(29)12-10-19/h4-12,15-16,23,25H,13-14,17H2,1-3H3,(H2,32,33,37)/t23-,25+/m1/s1. The van der Waals surface area contributed by atoms with Crippen molar-refractivity contribution in [3.8, 4) is 23.0 Å². The number of nitrogens with zero attached hydrogens (tertiary/aromatic N) is 5. The molecule has 2 N–H and O–H groups in total. The summed E-state index contributed by atoms with van der Waals surface area (Å²) in [6.07, 6.45) is 2.74. The van der Waals surface area contributed by atoms with Crippen LogP contribution in [0.25, 0.3) is 16.9 Å². The zero-order valence-corrected chi connectivity index (χ0v) is 22.4. The van der Waals surface area contributed by atoms with Crippen LogP contribution in [0, 0.1) is 12.7 Å². The van der Waals surface area contributed by atoms with Gasteiger partial charge in [-0.1, -0.05) is 30.3 Å². The maximum atomic E-state index is 13.6. The number of hydroxylamine groups is 2. The van der Waals surface area contributed by atoms with Gasteiger partial charge in [-0.25, -0.2) is 23.8 Å². The molecule has 5 rings (SSSR count). The molecule has 0 saturated carbocycles. The Morgan fingerprint density at radius 1 is 1.10 bits per heavy atom. The molecule has 2 aromatic heterocycles. The van der Waals surface area contributed by atoms with Crippen LogP contribution in [0.15, 0.2) is 67.0 Å². The van der Waals surface area contributed by atoms with E-state index < -0.39 is 18.2 Å². The number of methoxy groups -OCH3 is 2. The lowest BCUT2D eigenvalue weighted by Gasteiger charge is -2.19. The molecule has 4 aromatic rings. The highest BCUT2D eigenvalue weighted by Gasteiger charge is 2.36. The molecule has 0 bridgehead atoms. The van der Waals surface area contributed by atoms with E-state index in [4.69, 9.17) is 19.4 Å². The normalized spacial score (nSPS) is 17.1. The van der Waals surface area contributed by atoms with E-state index in [0.717, 1.165) is 16.8 Å². The van der Waals surface area contributed by atoms with Gasteiger partial charge in [-0.3, -0.25) is 10.2 Å². The first-order valence-corrected chi connectivity index (χ1v) is 12.7. The third-order valence-corrected chi connectivity index (χ3v) is 6.53. The second-order valence-corrected chi connectivity index (χ2v) is 9.19. The summed E-state index contributed by atoms with van der Waals surface area (Å²) in [4.78, 5) is 27.9. The van der Waals surface area contributed by atoms with Gasteiger partial charge in [0.2, 0.25) is 0 Å². The van der Waals surface area contributed by atoms with Crippen LogP contribution in [0.4, 0.5) is 15.0 Å². The van der Waals surface area contributed by atoms with Crippen LogP contribution >= 0.6 is 0 Å². The van der Waals surface area contributed by atoms with Crippen molar-refractivity contribution >= 4 is 11.8 Å².